The van der Waals surface area contributed by atoms with Crippen LogP contribution in [0.4, 0.5) is 5.69 Å². The van der Waals surface area contributed by atoms with Crippen molar-refractivity contribution in [2.24, 2.45) is 5.92 Å². The maximum Gasteiger partial charge on any atom is 0.275 e. The first kappa shape index (κ1) is 21.8. The van der Waals surface area contributed by atoms with Crippen molar-refractivity contribution in [3.05, 3.63) is 34.2 Å². The Hall–Kier alpha value is -2.52. The summed E-state index contributed by atoms with van der Waals surface area (Å²) in [4.78, 5) is 19.9. The van der Waals surface area contributed by atoms with Crippen LogP contribution in [0.5, 0.6) is 5.75 Å². The summed E-state index contributed by atoms with van der Waals surface area (Å²) in [5.74, 6) is 0.558. The van der Waals surface area contributed by atoms with Gasteiger partial charge in [0.2, 0.25) is 0 Å². The number of ether oxygens (including phenoxy) is 1. The number of H-pyrrole nitrogens is 1. The Morgan fingerprint density at radius 1 is 1.32 bits per heavy atom. The Labute approximate surface area is 166 Å². The molecule has 0 saturated carbocycles. The molecule has 0 fully saturated rings. The van der Waals surface area contributed by atoms with Crippen LogP contribution >= 0.6 is 0 Å². The zero-order valence-corrected chi connectivity index (χ0v) is 17.3. The molecule has 1 heterocycles. The van der Waals surface area contributed by atoms with Crippen LogP contribution < -0.4 is 16.0 Å². The van der Waals surface area contributed by atoms with Gasteiger partial charge in [0, 0.05) is 0 Å². The van der Waals surface area contributed by atoms with E-state index in [4.69, 9.17) is 20.1 Å². The lowest BCUT2D eigenvalue weighted by molar-refractivity contribution is 0.341. The fourth-order valence-corrected chi connectivity index (χ4v) is 3.25. The van der Waals surface area contributed by atoms with E-state index in [0.717, 1.165) is 6.42 Å². The standard InChI is InChI=1S/C19H26N4O4S/c1-5-11(4)15(20)17-16(21)19(24)23-18(22-17)13-10-12(28(25)27-7-3)8-9-14(13)26-6-2/h8-11,20H,5-7,21H2,1-4H3,(H,22,23,24)/t11?,28-/m0/s1. The van der Waals surface area contributed by atoms with Crippen LogP contribution in [0.1, 0.15) is 39.8 Å². The van der Waals surface area contributed by atoms with E-state index in [0.29, 0.717) is 29.4 Å². The molecular weight excluding hydrogens is 380 g/mol. The summed E-state index contributed by atoms with van der Waals surface area (Å²) < 4.78 is 23.0. The van der Waals surface area contributed by atoms with Crippen molar-refractivity contribution < 1.29 is 13.1 Å². The number of rotatable bonds is 9. The molecule has 0 amide bonds. The number of benzene rings is 1. The first-order chi connectivity index (χ1) is 13.3. The lowest BCUT2D eigenvalue weighted by atomic mass is 9.99. The first-order valence-corrected chi connectivity index (χ1v) is 10.2. The van der Waals surface area contributed by atoms with Gasteiger partial charge in [-0.15, -0.1) is 0 Å². The third-order valence-corrected chi connectivity index (χ3v) is 5.33. The number of nitrogens with zero attached hydrogens (tertiary/aromatic N) is 1. The minimum Gasteiger partial charge on any atom is -0.493 e. The van der Waals surface area contributed by atoms with E-state index in [-0.39, 0.29) is 28.8 Å². The first-order valence-electron chi connectivity index (χ1n) is 9.14. The van der Waals surface area contributed by atoms with Crippen molar-refractivity contribution in [1.29, 1.82) is 5.41 Å². The fourth-order valence-electron chi connectivity index (χ4n) is 2.51. The number of nitrogens with one attached hydrogen (secondary N) is 2. The maximum absolute atomic E-state index is 12.4. The van der Waals surface area contributed by atoms with Gasteiger partial charge in [0.05, 0.1) is 29.4 Å². The van der Waals surface area contributed by atoms with E-state index in [1.165, 1.54) is 0 Å². The highest BCUT2D eigenvalue weighted by Gasteiger charge is 2.20. The highest BCUT2D eigenvalue weighted by atomic mass is 32.2. The van der Waals surface area contributed by atoms with E-state index in [1.807, 2.05) is 20.8 Å². The monoisotopic (exact) mass is 406 g/mol. The molecule has 0 bridgehead atoms. The van der Waals surface area contributed by atoms with Gasteiger partial charge in [-0.1, -0.05) is 13.8 Å². The SMILES string of the molecule is CCOc1ccc([S@@](=O)OCC)cc1-c1nc(C(=N)C(C)CC)c(N)c(=O)[nH]1. The zero-order chi connectivity index (χ0) is 20.8. The summed E-state index contributed by atoms with van der Waals surface area (Å²) in [5, 5.41) is 8.34. The molecule has 0 aliphatic rings. The highest BCUT2D eigenvalue weighted by molar-refractivity contribution is 7.80. The molecule has 9 heteroatoms. The molecule has 152 valence electrons. The number of nitrogens with two attached hydrogens (primary N) is 1. The van der Waals surface area contributed by atoms with Gasteiger partial charge < -0.3 is 20.9 Å². The van der Waals surface area contributed by atoms with Crippen molar-refractivity contribution in [2.75, 3.05) is 18.9 Å². The van der Waals surface area contributed by atoms with Gasteiger partial charge in [0.15, 0.2) is 11.1 Å². The van der Waals surface area contributed by atoms with Crippen LogP contribution in [0, 0.1) is 11.3 Å². The summed E-state index contributed by atoms with van der Waals surface area (Å²) in [6, 6.07) is 4.89. The van der Waals surface area contributed by atoms with Gasteiger partial charge >= 0.3 is 0 Å². The van der Waals surface area contributed by atoms with E-state index in [1.54, 1.807) is 25.1 Å². The summed E-state index contributed by atoms with van der Waals surface area (Å²) in [5.41, 5.74) is 6.04. The molecule has 0 saturated heterocycles. The van der Waals surface area contributed by atoms with Crippen molar-refractivity contribution in [3.8, 4) is 17.1 Å². The van der Waals surface area contributed by atoms with Crippen molar-refractivity contribution in [3.63, 3.8) is 0 Å². The van der Waals surface area contributed by atoms with Crippen LogP contribution in [0.2, 0.25) is 0 Å². The normalized spacial score (nSPS) is 13.1. The third kappa shape index (κ3) is 4.66. The molecule has 2 aromatic rings. The number of aromatic amines is 1. The molecule has 4 N–H and O–H groups in total. The minimum absolute atomic E-state index is 0.0962. The molecule has 1 aromatic carbocycles. The van der Waals surface area contributed by atoms with Gasteiger partial charge in [-0.25, -0.2) is 9.19 Å². The van der Waals surface area contributed by atoms with E-state index in [9.17, 15) is 9.00 Å². The Morgan fingerprint density at radius 2 is 2.04 bits per heavy atom. The molecule has 1 unspecified atom stereocenters. The Balaban J connectivity index is 2.66. The zero-order valence-electron chi connectivity index (χ0n) is 16.5. The van der Waals surface area contributed by atoms with E-state index in [2.05, 4.69) is 9.97 Å². The number of hydrogen-bond donors (Lipinski definition) is 3. The smallest absolute Gasteiger partial charge is 0.275 e. The number of nitrogen functional groups attached to an aromatic ring is 1. The predicted molar refractivity (Wildman–Crippen MR) is 110 cm³/mol. The van der Waals surface area contributed by atoms with Crippen LogP contribution in [-0.2, 0) is 15.3 Å². The average Bonchev–Trinajstić information content (AvgIpc) is 2.69. The second-order valence-corrected chi connectivity index (χ2v) is 7.31. The van der Waals surface area contributed by atoms with E-state index < -0.39 is 16.6 Å². The van der Waals surface area contributed by atoms with Gasteiger partial charge in [-0.05, 0) is 44.4 Å². The summed E-state index contributed by atoms with van der Waals surface area (Å²) in [6.45, 7) is 8.10. The largest absolute Gasteiger partial charge is 0.493 e. The number of anilines is 1. The topological polar surface area (TPSA) is 131 Å². The quantitative estimate of drug-likeness (QED) is 0.549. The fraction of sp³-hybridized carbons (Fsp3) is 0.421. The van der Waals surface area contributed by atoms with Crippen LogP contribution in [0.3, 0.4) is 0 Å². The van der Waals surface area contributed by atoms with Crippen molar-refractivity contribution in [1.82, 2.24) is 9.97 Å². The van der Waals surface area contributed by atoms with Crippen LogP contribution in [-0.4, -0.2) is 33.1 Å². The Bertz CT molecular complexity index is 942. The van der Waals surface area contributed by atoms with Gasteiger partial charge in [0.1, 0.15) is 23.0 Å². The second-order valence-electron chi connectivity index (χ2n) is 6.13. The molecule has 28 heavy (non-hydrogen) atoms. The second kappa shape index (κ2) is 9.61. The minimum atomic E-state index is -1.65. The summed E-state index contributed by atoms with van der Waals surface area (Å²) in [6.07, 6.45) is 0.717. The highest BCUT2D eigenvalue weighted by Crippen LogP contribution is 2.30. The number of aromatic nitrogens is 2. The van der Waals surface area contributed by atoms with Crippen LogP contribution in [0.15, 0.2) is 27.9 Å². The van der Waals surface area contributed by atoms with Crippen molar-refractivity contribution >= 4 is 22.5 Å². The van der Waals surface area contributed by atoms with Gasteiger partial charge in [0.25, 0.3) is 5.56 Å². The van der Waals surface area contributed by atoms with E-state index >= 15 is 0 Å². The predicted octanol–water partition coefficient (Wildman–Crippen LogP) is 2.89. The lowest BCUT2D eigenvalue weighted by Crippen LogP contribution is -2.23. The molecule has 0 aliphatic carbocycles. The number of hydrogen-bond acceptors (Lipinski definition) is 7. The lowest BCUT2D eigenvalue weighted by Gasteiger charge is -2.15. The maximum atomic E-state index is 12.4. The van der Waals surface area contributed by atoms with Gasteiger partial charge in [-0.3, -0.25) is 8.98 Å². The summed E-state index contributed by atoms with van der Waals surface area (Å²) >= 11 is -1.65. The Morgan fingerprint density at radius 3 is 2.64 bits per heavy atom. The average molecular weight is 407 g/mol. The molecule has 0 radical (unpaired) electrons. The third-order valence-electron chi connectivity index (χ3n) is 4.24. The van der Waals surface area contributed by atoms with Gasteiger partial charge in [-0.2, -0.15) is 0 Å². The molecule has 2 atom stereocenters. The molecule has 8 nitrogen and oxygen atoms in total. The molecule has 2 rings (SSSR count). The Kier molecular flexibility index (Phi) is 7.47. The molecule has 1 aromatic heterocycles. The van der Waals surface area contributed by atoms with Crippen LogP contribution in [0.25, 0.3) is 11.4 Å². The summed E-state index contributed by atoms with van der Waals surface area (Å²) in [7, 11) is 0. The molecule has 0 aliphatic heterocycles. The molecule has 0 spiro atoms. The molecular formula is C19H26N4O4S. The van der Waals surface area contributed by atoms with Crippen molar-refractivity contribution in [2.45, 2.75) is 39.0 Å².